The van der Waals surface area contributed by atoms with Gasteiger partial charge in [-0.15, -0.1) is 0 Å². The smallest absolute Gasteiger partial charge is 0.220 e. The van der Waals surface area contributed by atoms with E-state index in [-0.39, 0.29) is 18.3 Å². The number of para-hydroxylation sites is 2. The van der Waals surface area contributed by atoms with Crippen molar-refractivity contribution in [2.45, 2.75) is 19.4 Å². The number of fused-ring (bicyclic) bond motifs is 1. The molecule has 0 radical (unpaired) electrons. The van der Waals surface area contributed by atoms with Gasteiger partial charge in [0.25, 0.3) is 0 Å². The van der Waals surface area contributed by atoms with Crippen molar-refractivity contribution < 1.29 is 13.6 Å². The highest BCUT2D eigenvalue weighted by Crippen LogP contribution is 2.14. The molecule has 0 aliphatic rings. The molecule has 3 rings (SSSR count). The first kappa shape index (κ1) is 14.3. The number of halogens is 1. The van der Waals surface area contributed by atoms with Crippen molar-refractivity contribution in [3.63, 3.8) is 0 Å². The Bertz CT molecular complexity index is 748. The third-order valence-electron chi connectivity index (χ3n) is 3.33. The molecular weight excluding hydrogens is 283 g/mol. The molecule has 0 saturated heterocycles. The number of amides is 1. The highest BCUT2D eigenvalue weighted by molar-refractivity contribution is 5.76. The second kappa shape index (κ2) is 6.39. The van der Waals surface area contributed by atoms with Gasteiger partial charge < -0.3 is 9.73 Å². The van der Waals surface area contributed by atoms with Crippen LogP contribution in [0.4, 0.5) is 4.39 Å². The van der Waals surface area contributed by atoms with Gasteiger partial charge in [0.1, 0.15) is 11.3 Å². The van der Waals surface area contributed by atoms with Crippen LogP contribution in [0.5, 0.6) is 0 Å². The second-order valence-corrected chi connectivity index (χ2v) is 4.98. The highest BCUT2D eigenvalue weighted by atomic mass is 19.1. The standard InChI is InChI=1S/C17H15FN2O2/c18-13-8-5-12(6-9-13)7-10-16(21)19-11-17-20-14-3-1-2-4-15(14)22-17/h1-6,8-9H,7,10-11H2,(H,19,21). The molecule has 22 heavy (non-hydrogen) atoms. The number of hydrogen-bond donors (Lipinski definition) is 1. The summed E-state index contributed by atoms with van der Waals surface area (Å²) in [5.41, 5.74) is 2.41. The fraction of sp³-hybridized carbons (Fsp3) is 0.176. The van der Waals surface area contributed by atoms with Gasteiger partial charge in [-0.3, -0.25) is 4.79 Å². The fourth-order valence-electron chi connectivity index (χ4n) is 2.17. The summed E-state index contributed by atoms with van der Waals surface area (Å²) >= 11 is 0. The molecule has 0 aliphatic carbocycles. The first-order valence-corrected chi connectivity index (χ1v) is 7.06. The van der Waals surface area contributed by atoms with E-state index in [2.05, 4.69) is 10.3 Å². The molecule has 2 aromatic carbocycles. The van der Waals surface area contributed by atoms with E-state index in [0.717, 1.165) is 11.1 Å². The fourth-order valence-corrected chi connectivity index (χ4v) is 2.17. The number of oxazole rings is 1. The number of aryl methyl sites for hydroxylation is 1. The lowest BCUT2D eigenvalue weighted by Gasteiger charge is -2.03. The largest absolute Gasteiger partial charge is 0.439 e. The number of hydrogen-bond acceptors (Lipinski definition) is 3. The molecule has 0 saturated carbocycles. The zero-order chi connectivity index (χ0) is 15.4. The highest BCUT2D eigenvalue weighted by Gasteiger charge is 2.07. The van der Waals surface area contributed by atoms with Crippen molar-refractivity contribution in [3.8, 4) is 0 Å². The van der Waals surface area contributed by atoms with Crippen molar-refractivity contribution in [1.29, 1.82) is 0 Å². The Kier molecular flexibility index (Phi) is 4.14. The zero-order valence-electron chi connectivity index (χ0n) is 11.9. The maximum absolute atomic E-state index is 12.8. The van der Waals surface area contributed by atoms with Crippen LogP contribution < -0.4 is 5.32 Å². The van der Waals surface area contributed by atoms with Crippen molar-refractivity contribution in [1.82, 2.24) is 10.3 Å². The zero-order valence-corrected chi connectivity index (χ0v) is 11.9. The lowest BCUT2D eigenvalue weighted by Crippen LogP contribution is -2.23. The van der Waals surface area contributed by atoms with E-state index in [1.165, 1.54) is 12.1 Å². The SMILES string of the molecule is O=C(CCc1ccc(F)cc1)NCc1nc2ccccc2o1. The molecule has 1 aromatic heterocycles. The van der Waals surface area contributed by atoms with Crippen LogP contribution >= 0.6 is 0 Å². The van der Waals surface area contributed by atoms with Crippen LogP contribution in [0, 0.1) is 5.82 Å². The number of benzene rings is 2. The first-order valence-electron chi connectivity index (χ1n) is 7.06. The average Bonchev–Trinajstić information content (AvgIpc) is 2.95. The van der Waals surface area contributed by atoms with Gasteiger partial charge in [0.05, 0.1) is 6.54 Å². The van der Waals surface area contributed by atoms with Gasteiger partial charge in [0.2, 0.25) is 11.8 Å². The Morgan fingerprint density at radius 1 is 1.14 bits per heavy atom. The third-order valence-corrected chi connectivity index (χ3v) is 3.33. The number of carbonyl (C=O) groups excluding carboxylic acids is 1. The number of nitrogens with zero attached hydrogens (tertiary/aromatic N) is 1. The Balaban J connectivity index is 1.50. The molecule has 112 valence electrons. The van der Waals surface area contributed by atoms with Crippen LogP contribution in [0.1, 0.15) is 17.9 Å². The molecule has 5 heteroatoms. The van der Waals surface area contributed by atoms with Crippen molar-refractivity contribution in [2.24, 2.45) is 0 Å². The minimum atomic E-state index is -0.274. The van der Waals surface area contributed by atoms with E-state index in [9.17, 15) is 9.18 Å². The molecule has 3 aromatic rings. The van der Waals surface area contributed by atoms with Gasteiger partial charge in [-0.25, -0.2) is 9.37 Å². The molecule has 0 atom stereocenters. The van der Waals surface area contributed by atoms with E-state index in [4.69, 9.17) is 4.42 Å². The van der Waals surface area contributed by atoms with Gasteiger partial charge in [0.15, 0.2) is 5.58 Å². The third kappa shape index (κ3) is 3.49. The Morgan fingerprint density at radius 3 is 2.68 bits per heavy atom. The van der Waals surface area contributed by atoms with E-state index in [1.54, 1.807) is 12.1 Å². The van der Waals surface area contributed by atoms with E-state index in [1.807, 2.05) is 24.3 Å². The summed E-state index contributed by atoms with van der Waals surface area (Å²) in [7, 11) is 0. The van der Waals surface area contributed by atoms with Gasteiger partial charge in [0, 0.05) is 6.42 Å². The summed E-state index contributed by atoms with van der Waals surface area (Å²) in [6, 6.07) is 13.6. The van der Waals surface area contributed by atoms with Crippen LogP contribution in [-0.4, -0.2) is 10.9 Å². The minimum Gasteiger partial charge on any atom is -0.439 e. The van der Waals surface area contributed by atoms with Gasteiger partial charge in [-0.05, 0) is 36.2 Å². The van der Waals surface area contributed by atoms with E-state index in [0.29, 0.717) is 24.3 Å². The van der Waals surface area contributed by atoms with Gasteiger partial charge >= 0.3 is 0 Å². The van der Waals surface area contributed by atoms with Crippen molar-refractivity contribution in [3.05, 3.63) is 65.8 Å². The quantitative estimate of drug-likeness (QED) is 0.787. The first-order chi connectivity index (χ1) is 10.7. The molecule has 0 aliphatic heterocycles. The Hall–Kier alpha value is -2.69. The molecule has 1 N–H and O–H groups in total. The molecule has 0 spiro atoms. The lowest BCUT2D eigenvalue weighted by atomic mass is 10.1. The summed E-state index contributed by atoms with van der Waals surface area (Å²) in [6.45, 7) is 0.261. The molecule has 0 unspecified atom stereocenters. The van der Waals surface area contributed by atoms with Gasteiger partial charge in [-0.2, -0.15) is 0 Å². The predicted octanol–water partition coefficient (Wildman–Crippen LogP) is 3.22. The maximum Gasteiger partial charge on any atom is 0.220 e. The second-order valence-electron chi connectivity index (χ2n) is 4.98. The predicted molar refractivity (Wildman–Crippen MR) is 80.6 cm³/mol. The molecular formula is C17H15FN2O2. The summed E-state index contributed by atoms with van der Waals surface area (Å²) < 4.78 is 18.3. The number of carbonyl (C=O) groups is 1. The van der Waals surface area contributed by atoms with Crippen molar-refractivity contribution >= 4 is 17.0 Å². The van der Waals surface area contributed by atoms with Crippen molar-refractivity contribution in [2.75, 3.05) is 0 Å². The van der Waals surface area contributed by atoms with Crippen LogP contribution in [-0.2, 0) is 17.8 Å². The number of rotatable bonds is 5. The lowest BCUT2D eigenvalue weighted by molar-refractivity contribution is -0.121. The molecule has 0 bridgehead atoms. The van der Waals surface area contributed by atoms with E-state index >= 15 is 0 Å². The summed E-state index contributed by atoms with van der Waals surface area (Å²) in [6.07, 6.45) is 0.908. The van der Waals surface area contributed by atoms with Crippen LogP contribution in [0.3, 0.4) is 0 Å². The normalized spacial score (nSPS) is 10.8. The Morgan fingerprint density at radius 2 is 1.91 bits per heavy atom. The van der Waals surface area contributed by atoms with E-state index < -0.39 is 0 Å². The molecule has 4 nitrogen and oxygen atoms in total. The topological polar surface area (TPSA) is 55.1 Å². The summed E-state index contributed by atoms with van der Waals surface area (Å²) in [5, 5.41) is 2.77. The van der Waals surface area contributed by atoms with Gasteiger partial charge in [-0.1, -0.05) is 24.3 Å². The molecule has 0 fully saturated rings. The van der Waals surface area contributed by atoms with Crippen LogP contribution in [0.2, 0.25) is 0 Å². The minimum absolute atomic E-state index is 0.0911. The van der Waals surface area contributed by atoms with Crippen LogP contribution in [0.15, 0.2) is 52.9 Å². The molecule has 1 heterocycles. The monoisotopic (exact) mass is 298 g/mol. The number of aromatic nitrogens is 1. The summed E-state index contributed by atoms with van der Waals surface area (Å²) in [5.74, 6) is 0.118. The maximum atomic E-state index is 12.8. The summed E-state index contributed by atoms with van der Waals surface area (Å²) in [4.78, 5) is 16.1. The average molecular weight is 298 g/mol. The van der Waals surface area contributed by atoms with Crippen LogP contribution in [0.25, 0.3) is 11.1 Å². The Labute approximate surface area is 127 Å². The molecule has 1 amide bonds. The number of nitrogens with one attached hydrogen (secondary N) is 1.